The highest BCUT2D eigenvalue weighted by atomic mass is 79.9. The zero-order valence-electron chi connectivity index (χ0n) is 9.62. The molecular formula is C13H11BrClFN2. The SMILES string of the molecule is Cc1ccncc1C(N)c1ccc(Br)c(Cl)c1F. The van der Waals surface area contributed by atoms with Crippen molar-refractivity contribution in [2.24, 2.45) is 5.73 Å². The third kappa shape index (κ3) is 2.41. The number of hydrogen-bond acceptors (Lipinski definition) is 2. The molecular weight excluding hydrogens is 319 g/mol. The largest absolute Gasteiger partial charge is 0.320 e. The van der Waals surface area contributed by atoms with E-state index in [0.717, 1.165) is 11.1 Å². The van der Waals surface area contributed by atoms with Gasteiger partial charge in [-0.25, -0.2) is 4.39 Å². The van der Waals surface area contributed by atoms with Crippen LogP contribution in [0.3, 0.4) is 0 Å². The summed E-state index contributed by atoms with van der Waals surface area (Å²) in [5, 5.41) is 0.0458. The third-order valence-corrected chi connectivity index (χ3v) is 4.07. The summed E-state index contributed by atoms with van der Waals surface area (Å²) in [7, 11) is 0. The van der Waals surface area contributed by atoms with Crippen molar-refractivity contribution in [2.45, 2.75) is 13.0 Å². The van der Waals surface area contributed by atoms with Crippen LogP contribution in [0, 0.1) is 12.7 Å². The van der Waals surface area contributed by atoms with Crippen LogP contribution in [-0.4, -0.2) is 4.98 Å². The van der Waals surface area contributed by atoms with E-state index in [1.54, 1.807) is 24.5 Å². The maximum atomic E-state index is 14.1. The van der Waals surface area contributed by atoms with E-state index in [1.165, 1.54) is 0 Å². The maximum Gasteiger partial charge on any atom is 0.148 e. The Balaban J connectivity index is 2.50. The van der Waals surface area contributed by atoms with Gasteiger partial charge < -0.3 is 5.73 Å². The fourth-order valence-corrected chi connectivity index (χ4v) is 2.23. The van der Waals surface area contributed by atoms with Gasteiger partial charge in [0.05, 0.1) is 11.1 Å². The van der Waals surface area contributed by atoms with Gasteiger partial charge >= 0.3 is 0 Å². The molecule has 1 aromatic carbocycles. The monoisotopic (exact) mass is 328 g/mol. The molecule has 0 saturated carbocycles. The van der Waals surface area contributed by atoms with Gasteiger partial charge in [0.25, 0.3) is 0 Å². The molecule has 5 heteroatoms. The first kappa shape index (κ1) is 13.5. The molecule has 1 aromatic heterocycles. The van der Waals surface area contributed by atoms with Gasteiger partial charge in [0.1, 0.15) is 5.82 Å². The Morgan fingerprint density at radius 3 is 2.72 bits per heavy atom. The lowest BCUT2D eigenvalue weighted by molar-refractivity contribution is 0.598. The number of aromatic nitrogens is 1. The number of pyridine rings is 1. The Morgan fingerprint density at radius 1 is 1.33 bits per heavy atom. The first-order chi connectivity index (χ1) is 8.52. The van der Waals surface area contributed by atoms with Crippen molar-refractivity contribution in [1.29, 1.82) is 0 Å². The lowest BCUT2D eigenvalue weighted by Gasteiger charge is -2.16. The number of halogens is 3. The molecule has 0 radical (unpaired) electrons. The Kier molecular flexibility index (Phi) is 4.00. The summed E-state index contributed by atoms with van der Waals surface area (Å²) in [6.07, 6.45) is 3.33. The first-order valence-electron chi connectivity index (χ1n) is 5.32. The van der Waals surface area contributed by atoms with E-state index < -0.39 is 11.9 Å². The lowest BCUT2D eigenvalue weighted by Crippen LogP contribution is -2.15. The quantitative estimate of drug-likeness (QED) is 0.846. The second kappa shape index (κ2) is 5.34. The molecule has 2 N–H and O–H groups in total. The Labute approximate surface area is 118 Å². The Bertz CT molecular complexity index is 589. The average Bonchev–Trinajstić information content (AvgIpc) is 2.36. The molecule has 94 valence electrons. The van der Waals surface area contributed by atoms with Gasteiger partial charge in [-0.15, -0.1) is 0 Å². The highest BCUT2D eigenvalue weighted by molar-refractivity contribution is 9.10. The normalized spacial score (nSPS) is 12.5. The van der Waals surface area contributed by atoms with E-state index >= 15 is 0 Å². The van der Waals surface area contributed by atoms with Crippen LogP contribution in [0.5, 0.6) is 0 Å². The summed E-state index contributed by atoms with van der Waals surface area (Å²) in [6.45, 7) is 1.91. The minimum atomic E-state index is -0.579. The zero-order chi connectivity index (χ0) is 13.3. The van der Waals surface area contributed by atoms with Crippen molar-refractivity contribution in [1.82, 2.24) is 4.98 Å². The van der Waals surface area contributed by atoms with Crippen molar-refractivity contribution in [3.8, 4) is 0 Å². The van der Waals surface area contributed by atoms with Gasteiger partial charge in [-0.2, -0.15) is 0 Å². The highest BCUT2D eigenvalue weighted by Crippen LogP contribution is 2.32. The first-order valence-corrected chi connectivity index (χ1v) is 6.49. The van der Waals surface area contributed by atoms with E-state index in [0.29, 0.717) is 10.0 Å². The highest BCUT2D eigenvalue weighted by Gasteiger charge is 2.18. The van der Waals surface area contributed by atoms with Crippen molar-refractivity contribution in [2.75, 3.05) is 0 Å². The number of aryl methyl sites for hydroxylation is 1. The van der Waals surface area contributed by atoms with Crippen molar-refractivity contribution in [3.05, 3.63) is 62.6 Å². The minimum absolute atomic E-state index is 0.0458. The fraction of sp³-hybridized carbons (Fsp3) is 0.154. The van der Waals surface area contributed by atoms with E-state index in [2.05, 4.69) is 20.9 Å². The van der Waals surface area contributed by atoms with E-state index in [4.69, 9.17) is 17.3 Å². The van der Waals surface area contributed by atoms with Gasteiger partial charge in [0.2, 0.25) is 0 Å². The predicted molar refractivity (Wildman–Crippen MR) is 74.1 cm³/mol. The molecule has 0 saturated heterocycles. The summed E-state index contributed by atoms with van der Waals surface area (Å²) in [5.41, 5.74) is 8.20. The second-order valence-electron chi connectivity index (χ2n) is 3.97. The summed E-state index contributed by atoms with van der Waals surface area (Å²) >= 11 is 9.04. The van der Waals surface area contributed by atoms with Crippen LogP contribution >= 0.6 is 27.5 Å². The Morgan fingerprint density at radius 2 is 2.06 bits per heavy atom. The Hall–Kier alpha value is -0.970. The number of rotatable bonds is 2. The molecule has 0 spiro atoms. The van der Waals surface area contributed by atoms with Crippen LogP contribution in [-0.2, 0) is 0 Å². The van der Waals surface area contributed by atoms with Gasteiger partial charge in [-0.3, -0.25) is 4.98 Å². The number of nitrogens with two attached hydrogens (primary N) is 1. The summed E-state index contributed by atoms with van der Waals surface area (Å²) in [6, 6.07) is 4.58. The second-order valence-corrected chi connectivity index (χ2v) is 5.21. The van der Waals surface area contributed by atoms with Gasteiger partial charge in [-0.1, -0.05) is 17.7 Å². The molecule has 1 unspecified atom stereocenters. The van der Waals surface area contributed by atoms with Crippen molar-refractivity contribution >= 4 is 27.5 Å². The maximum absolute atomic E-state index is 14.1. The molecule has 1 heterocycles. The van der Waals surface area contributed by atoms with Crippen molar-refractivity contribution in [3.63, 3.8) is 0 Å². The van der Waals surface area contributed by atoms with Crippen LogP contribution < -0.4 is 5.73 Å². The van der Waals surface area contributed by atoms with Crippen molar-refractivity contribution < 1.29 is 4.39 Å². The topological polar surface area (TPSA) is 38.9 Å². The molecule has 2 nitrogen and oxygen atoms in total. The summed E-state index contributed by atoms with van der Waals surface area (Å²) in [4.78, 5) is 4.02. The fourth-order valence-electron chi connectivity index (χ4n) is 1.75. The molecule has 0 aliphatic heterocycles. The van der Waals surface area contributed by atoms with Crippen LogP contribution in [0.15, 0.2) is 35.1 Å². The summed E-state index contributed by atoms with van der Waals surface area (Å²) in [5.74, 6) is -0.498. The number of nitrogens with zero attached hydrogens (tertiary/aromatic N) is 1. The van der Waals surface area contributed by atoms with Crippen LogP contribution in [0.2, 0.25) is 5.02 Å². The van der Waals surface area contributed by atoms with Crippen LogP contribution in [0.1, 0.15) is 22.7 Å². The molecule has 18 heavy (non-hydrogen) atoms. The molecule has 0 bridgehead atoms. The van der Waals surface area contributed by atoms with E-state index in [-0.39, 0.29) is 5.02 Å². The van der Waals surface area contributed by atoms with Gasteiger partial charge in [-0.05, 0) is 46.1 Å². The molecule has 0 fully saturated rings. The molecule has 1 atom stereocenters. The standard InChI is InChI=1S/C13H11BrClFN2/c1-7-4-5-18-6-9(7)13(17)8-2-3-10(14)11(15)12(8)16/h2-6,13H,17H2,1H3. The molecule has 2 aromatic rings. The zero-order valence-corrected chi connectivity index (χ0v) is 12.0. The average molecular weight is 330 g/mol. The third-order valence-electron chi connectivity index (χ3n) is 2.81. The van der Waals surface area contributed by atoms with Crippen LogP contribution in [0.25, 0.3) is 0 Å². The van der Waals surface area contributed by atoms with E-state index in [1.807, 2.05) is 13.0 Å². The lowest BCUT2D eigenvalue weighted by atomic mass is 9.97. The molecule has 2 rings (SSSR count). The molecule has 0 amide bonds. The minimum Gasteiger partial charge on any atom is -0.320 e. The number of benzene rings is 1. The summed E-state index contributed by atoms with van der Waals surface area (Å²) < 4.78 is 14.6. The van der Waals surface area contributed by atoms with Crippen LogP contribution in [0.4, 0.5) is 4.39 Å². The predicted octanol–water partition coefficient (Wildman–Crippen LogP) is 3.99. The smallest absolute Gasteiger partial charge is 0.148 e. The molecule has 0 aliphatic carbocycles. The van der Waals surface area contributed by atoms with Gasteiger partial charge in [0, 0.05) is 22.4 Å². The number of hydrogen-bond donors (Lipinski definition) is 1. The molecule has 0 aliphatic rings. The van der Waals surface area contributed by atoms with Gasteiger partial charge in [0.15, 0.2) is 0 Å². The van der Waals surface area contributed by atoms with E-state index in [9.17, 15) is 4.39 Å².